The third kappa shape index (κ3) is 5.43. The molecule has 0 saturated heterocycles. The Morgan fingerprint density at radius 3 is 2.76 bits per heavy atom. The van der Waals surface area contributed by atoms with Gasteiger partial charge >= 0.3 is 5.97 Å². The Balaban J connectivity index is 1.49. The second kappa shape index (κ2) is 10.4. The number of nitrogens with zero attached hydrogens (tertiary/aromatic N) is 1. The monoisotopic (exact) mass is 446 g/mol. The summed E-state index contributed by atoms with van der Waals surface area (Å²) in [5, 5.41) is 20.2. The maximum Gasteiger partial charge on any atom is 0.310 e. The van der Waals surface area contributed by atoms with Gasteiger partial charge in [-0.25, -0.2) is 4.98 Å². The summed E-state index contributed by atoms with van der Waals surface area (Å²) in [5.74, 6) is 0.0998. The molecule has 7 nitrogen and oxygen atoms in total. The van der Waals surface area contributed by atoms with Crippen molar-refractivity contribution in [1.29, 1.82) is 0 Å². The summed E-state index contributed by atoms with van der Waals surface area (Å²) in [6.45, 7) is 3.18. The number of benzene rings is 2. The van der Waals surface area contributed by atoms with Crippen LogP contribution in [-0.4, -0.2) is 42.3 Å². The van der Waals surface area contributed by atoms with E-state index in [9.17, 15) is 9.90 Å². The minimum atomic E-state index is -0.846. The van der Waals surface area contributed by atoms with Crippen LogP contribution in [0.4, 0.5) is 11.5 Å². The standard InChI is InChI=1S/C26H30N4O3/c1-17(26(31)32)20-13-18(14-21(15-20)33-2)10-12-27-24(19-7-4-3-5-8-19)23-16-29-22-9-6-11-28-25(22)30-23/h3-9,11,13-15,17,23-24,27,29H,10,12,16H2,1-2H3,(H,28,30)(H,31,32)/t17-,23-,24-/m1/s1. The van der Waals surface area contributed by atoms with Crippen molar-refractivity contribution < 1.29 is 14.6 Å². The predicted molar refractivity (Wildman–Crippen MR) is 130 cm³/mol. The maximum absolute atomic E-state index is 11.5. The highest BCUT2D eigenvalue weighted by molar-refractivity contribution is 5.75. The first-order valence-electron chi connectivity index (χ1n) is 11.2. The van der Waals surface area contributed by atoms with Gasteiger partial charge < -0.3 is 25.8 Å². The quantitative estimate of drug-likeness (QED) is 0.394. The number of hydrogen-bond donors (Lipinski definition) is 4. The molecule has 4 rings (SSSR count). The number of carboxylic acid groups (broad SMARTS) is 1. The van der Waals surface area contributed by atoms with E-state index >= 15 is 0 Å². The zero-order chi connectivity index (χ0) is 23.2. The number of anilines is 2. The largest absolute Gasteiger partial charge is 0.497 e. The lowest BCUT2D eigenvalue weighted by atomic mass is 9.96. The molecule has 2 heterocycles. The lowest BCUT2D eigenvalue weighted by Gasteiger charge is -2.34. The average molecular weight is 447 g/mol. The van der Waals surface area contributed by atoms with Gasteiger partial charge in [0.1, 0.15) is 11.6 Å². The van der Waals surface area contributed by atoms with Crippen LogP contribution in [0.2, 0.25) is 0 Å². The fraction of sp³-hybridized carbons (Fsp3) is 0.308. The van der Waals surface area contributed by atoms with Crippen LogP contribution in [0.25, 0.3) is 0 Å². The fourth-order valence-corrected chi connectivity index (χ4v) is 4.18. The molecule has 1 aromatic heterocycles. The van der Waals surface area contributed by atoms with Crippen molar-refractivity contribution in [1.82, 2.24) is 10.3 Å². The normalized spacial score (nSPS) is 16.6. The van der Waals surface area contributed by atoms with E-state index in [0.29, 0.717) is 5.75 Å². The van der Waals surface area contributed by atoms with E-state index in [4.69, 9.17) is 4.74 Å². The molecule has 0 saturated carbocycles. The minimum absolute atomic E-state index is 0.0666. The van der Waals surface area contributed by atoms with Crippen LogP contribution in [0.5, 0.6) is 5.75 Å². The van der Waals surface area contributed by atoms with Gasteiger partial charge in [-0.1, -0.05) is 36.4 Å². The van der Waals surface area contributed by atoms with Crippen molar-refractivity contribution in [3.8, 4) is 5.75 Å². The van der Waals surface area contributed by atoms with Gasteiger partial charge in [-0.3, -0.25) is 4.79 Å². The van der Waals surface area contributed by atoms with Crippen molar-refractivity contribution in [3.63, 3.8) is 0 Å². The molecule has 0 aliphatic carbocycles. The van der Waals surface area contributed by atoms with E-state index in [0.717, 1.165) is 42.1 Å². The summed E-state index contributed by atoms with van der Waals surface area (Å²) in [5.41, 5.74) is 4.00. The lowest BCUT2D eigenvalue weighted by Crippen LogP contribution is -2.44. The summed E-state index contributed by atoms with van der Waals surface area (Å²) < 4.78 is 5.41. The first-order chi connectivity index (χ1) is 16.0. The molecule has 0 bridgehead atoms. The number of nitrogens with one attached hydrogen (secondary N) is 3. The molecule has 4 N–H and O–H groups in total. The zero-order valence-electron chi connectivity index (χ0n) is 18.9. The Morgan fingerprint density at radius 1 is 1.18 bits per heavy atom. The smallest absolute Gasteiger partial charge is 0.310 e. The summed E-state index contributed by atoms with van der Waals surface area (Å²) in [6.07, 6.45) is 2.54. The number of fused-ring (bicyclic) bond motifs is 1. The molecule has 3 atom stereocenters. The predicted octanol–water partition coefficient (Wildman–Crippen LogP) is 4.06. The van der Waals surface area contributed by atoms with E-state index < -0.39 is 11.9 Å². The Morgan fingerprint density at radius 2 is 2.00 bits per heavy atom. The fourth-order valence-electron chi connectivity index (χ4n) is 4.18. The van der Waals surface area contributed by atoms with E-state index in [2.05, 4.69) is 33.1 Å². The molecule has 0 amide bonds. The molecular weight excluding hydrogens is 416 g/mol. The number of carboxylic acids is 1. The number of pyridine rings is 1. The van der Waals surface area contributed by atoms with Gasteiger partial charge in [0.15, 0.2) is 0 Å². The molecule has 3 aromatic rings. The van der Waals surface area contributed by atoms with Crippen LogP contribution < -0.4 is 20.7 Å². The molecule has 0 radical (unpaired) electrons. The molecule has 1 aliphatic rings. The summed E-state index contributed by atoms with van der Waals surface area (Å²) in [7, 11) is 1.60. The number of aliphatic carboxylic acids is 1. The van der Waals surface area contributed by atoms with E-state index in [-0.39, 0.29) is 12.1 Å². The van der Waals surface area contributed by atoms with Gasteiger partial charge in [0.05, 0.1) is 30.8 Å². The van der Waals surface area contributed by atoms with Crippen LogP contribution in [0.1, 0.15) is 35.6 Å². The molecule has 2 aromatic carbocycles. The van der Waals surface area contributed by atoms with Crippen LogP contribution >= 0.6 is 0 Å². The molecule has 33 heavy (non-hydrogen) atoms. The van der Waals surface area contributed by atoms with Crippen molar-refractivity contribution in [2.24, 2.45) is 0 Å². The molecule has 0 spiro atoms. The SMILES string of the molecule is COc1cc(CCN[C@H](c2ccccc2)[C@H]2CNc3cccnc3N2)cc([C@@H](C)C(=O)O)c1. The Hall–Kier alpha value is -3.58. The van der Waals surface area contributed by atoms with Crippen LogP contribution in [0.3, 0.4) is 0 Å². The number of rotatable bonds is 9. The van der Waals surface area contributed by atoms with Crippen LogP contribution in [0, 0.1) is 0 Å². The number of carbonyl (C=O) groups is 1. The van der Waals surface area contributed by atoms with Crippen molar-refractivity contribution >= 4 is 17.5 Å². The first kappa shape index (κ1) is 22.6. The highest BCUT2D eigenvalue weighted by Gasteiger charge is 2.27. The molecule has 7 heteroatoms. The second-order valence-corrected chi connectivity index (χ2v) is 8.30. The van der Waals surface area contributed by atoms with Crippen LogP contribution in [0.15, 0.2) is 66.9 Å². The second-order valence-electron chi connectivity index (χ2n) is 8.30. The number of ether oxygens (including phenoxy) is 1. The zero-order valence-corrected chi connectivity index (χ0v) is 18.9. The van der Waals surface area contributed by atoms with Gasteiger partial charge in [-0.2, -0.15) is 0 Å². The summed E-state index contributed by atoms with van der Waals surface area (Å²) >= 11 is 0. The molecule has 0 fully saturated rings. The average Bonchev–Trinajstić information content (AvgIpc) is 2.86. The molecule has 172 valence electrons. The van der Waals surface area contributed by atoms with Crippen molar-refractivity contribution in [2.75, 3.05) is 30.8 Å². The summed E-state index contributed by atoms with van der Waals surface area (Å²) in [6, 6.07) is 20.2. The minimum Gasteiger partial charge on any atom is -0.497 e. The van der Waals surface area contributed by atoms with Gasteiger partial charge in [0.2, 0.25) is 0 Å². The van der Waals surface area contributed by atoms with Gasteiger partial charge in [0, 0.05) is 12.7 Å². The Kier molecular flexibility index (Phi) is 7.10. The maximum atomic E-state index is 11.5. The first-order valence-corrected chi connectivity index (χ1v) is 11.2. The van der Waals surface area contributed by atoms with E-state index in [1.54, 1.807) is 26.3 Å². The molecular formula is C26H30N4O3. The Bertz CT molecular complexity index is 1090. The van der Waals surface area contributed by atoms with E-state index in [1.807, 2.05) is 42.5 Å². The summed E-state index contributed by atoms with van der Waals surface area (Å²) in [4.78, 5) is 15.9. The number of methoxy groups -OCH3 is 1. The lowest BCUT2D eigenvalue weighted by molar-refractivity contribution is -0.138. The van der Waals surface area contributed by atoms with Gasteiger partial charge in [0.25, 0.3) is 0 Å². The molecule has 1 aliphatic heterocycles. The number of hydrogen-bond acceptors (Lipinski definition) is 6. The van der Waals surface area contributed by atoms with Crippen LogP contribution in [-0.2, 0) is 11.2 Å². The Labute approximate surface area is 194 Å². The third-order valence-corrected chi connectivity index (χ3v) is 6.08. The molecule has 0 unspecified atom stereocenters. The third-order valence-electron chi connectivity index (χ3n) is 6.08. The van der Waals surface area contributed by atoms with Gasteiger partial charge in [-0.05, 0) is 60.8 Å². The highest BCUT2D eigenvalue weighted by Crippen LogP contribution is 2.29. The topological polar surface area (TPSA) is 95.5 Å². The van der Waals surface area contributed by atoms with Crippen molar-refractivity contribution in [3.05, 3.63) is 83.6 Å². The van der Waals surface area contributed by atoms with E-state index in [1.165, 1.54) is 5.56 Å². The highest BCUT2D eigenvalue weighted by atomic mass is 16.5. The van der Waals surface area contributed by atoms with Crippen molar-refractivity contribution in [2.45, 2.75) is 31.3 Å². The van der Waals surface area contributed by atoms with Gasteiger partial charge in [-0.15, -0.1) is 0 Å². The number of aromatic nitrogens is 1.